The molecule has 0 unspecified atom stereocenters. The van der Waals surface area contributed by atoms with E-state index in [2.05, 4.69) is 25.7 Å². The second-order valence-electron chi connectivity index (χ2n) is 4.03. The second kappa shape index (κ2) is 6.89. The summed E-state index contributed by atoms with van der Waals surface area (Å²) in [6.45, 7) is 0. The van der Waals surface area contributed by atoms with E-state index in [1.165, 1.54) is 6.21 Å². The molecule has 0 bridgehead atoms. The molecule has 2 aromatic rings. The number of rotatable bonds is 5. The summed E-state index contributed by atoms with van der Waals surface area (Å²) in [7, 11) is 0. The summed E-state index contributed by atoms with van der Waals surface area (Å²) >= 11 is 0. The van der Waals surface area contributed by atoms with E-state index in [4.69, 9.17) is 0 Å². The Kier molecular flexibility index (Phi) is 4.70. The van der Waals surface area contributed by atoms with Crippen LogP contribution in [0.5, 0.6) is 0 Å². The third-order valence-corrected chi connectivity index (χ3v) is 2.46. The van der Waals surface area contributed by atoms with Gasteiger partial charge in [0, 0.05) is 30.8 Å². The number of aryl methyl sites for hydroxylation is 1. The van der Waals surface area contributed by atoms with E-state index in [1.54, 1.807) is 24.5 Å². The zero-order chi connectivity index (χ0) is 15.1. The number of hydrogen-bond donors (Lipinski definition) is 3. The van der Waals surface area contributed by atoms with Crippen LogP contribution in [-0.4, -0.2) is 32.3 Å². The summed E-state index contributed by atoms with van der Waals surface area (Å²) in [6.07, 6.45) is 4.80. The average molecular weight is 288 g/mol. The minimum Gasteiger partial charge on any atom is -0.273 e. The Hall–Kier alpha value is -3.10. The number of aromatic amines is 2. The molecule has 0 radical (unpaired) electrons. The highest BCUT2D eigenvalue weighted by Crippen LogP contribution is 1.92. The van der Waals surface area contributed by atoms with Crippen molar-refractivity contribution in [2.24, 2.45) is 5.10 Å². The molecule has 21 heavy (non-hydrogen) atoms. The molecule has 1 amide bonds. The Morgan fingerprint density at radius 2 is 2.29 bits per heavy atom. The van der Waals surface area contributed by atoms with Crippen molar-refractivity contribution >= 4 is 12.1 Å². The Morgan fingerprint density at radius 3 is 3.00 bits per heavy atom. The molecule has 0 spiro atoms. The van der Waals surface area contributed by atoms with Crippen LogP contribution in [0.25, 0.3) is 0 Å². The van der Waals surface area contributed by atoms with E-state index in [9.17, 15) is 14.4 Å². The number of aromatic nitrogens is 4. The van der Waals surface area contributed by atoms with Gasteiger partial charge in [-0.3, -0.25) is 19.6 Å². The highest BCUT2D eigenvalue weighted by atomic mass is 16.2. The van der Waals surface area contributed by atoms with Crippen LogP contribution in [0.15, 0.2) is 39.2 Å². The summed E-state index contributed by atoms with van der Waals surface area (Å²) in [4.78, 5) is 39.6. The standard InChI is InChI=1S/C12H12N6O3/c19-10(17-14-7-8-2-1-5-13-6-8)4-3-9-11(20)15-12(21)18-16-9/h1-2,5-7H,3-4H2,(H,17,19)(H2,15,18,20,21). The Bertz CT molecular complexity index is 749. The first-order valence-corrected chi connectivity index (χ1v) is 6.05. The zero-order valence-corrected chi connectivity index (χ0v) is 10.9. The van der Waals surface area contributed by atoms with Gasteiger partial charge < -0.3 is 0 Å². The first-order valence-electron chi connectivity index (χ1n) is 6.05. The molecule has 0 aliphatic rings. The number of hydrogen-bond acceptors (Lipinski definition) is 6. The first-order chi connectivity index (χ1) is 10.1. The van der Waals surface area contributed by atoms with Crippen LogP contribution in [0.4, 0.5) is 0 Å². The second-order valence-corrected chi connectivity index (χ2v) is 4.03. The average Bonchev–Trinajstić information content (AvgIpc) is 2.47. The molecule has 9 heteroatoms. The van der Waals surface area contributed by atoms with Gasteiger partial charge in [-0.1, -0.05) is 6.07 Å². The molecule has 2 rings (SSSR count). The van der Waals surface area contributed by atoms with E-state index in [0.717, 1.165) is 5.56 Å². The smallest absolute Gasteiger partial charge is 0.273 e. The predicted octanol–water partition coefficient (Wildman–Crippen LogP) is -1.06. The number of pyridine rings is 1. The van der Waals surface area contributed by atoms with Crippen molar-refractivity contribution in [3.8, 4) is 0 Å². The number of carbonyl (C=O) groups excluding carboxylic acids is 1. The lowest BCUT2D eigenvalue weighted by Crippen LogP contribution is -2.28. The number of hydrazone groups is 1. The lowest BCUT2D eigenvalue weighted by atomic mass is 10.2. The molecule has 0 aromatic carbocycles. The van der Waals surface area contributed by atoms with Crippen molar-refractivity contribution in [1.29, 1.82) is 0 Å². The van der Waals surface area contributed by atoms with Crippen LogP contribution in [0.3, 0.4) is 0 Å². The first kappa shape index (κ1) is 14.3. The summed E-state index contributed by atoms with van der Waals surface area (Å²) < 4.78 is 0. The van der Waals surface area contributed by atoms with Crippen LogP contribution >= 0.6 is 0 Å². The largest absolute Gasteiger partial charge is 0.342 e. The Balaban J connectivity index is 1.84. The SMILES string of the molecule is O=C(CCc1n[nH]c(=O)[nH]c1=O)NN=Cc1cccnc1. The molecule has 0 saturated carbocycles. The fourth-order valence-corrected chi connectivity index (χ4v) is 1.46. The van der Waals surface area contributed by atoms with E-state index < -0.39 is 11.2 Å². The van der Waals surface area contributed by atoms with Crippen molar-refractivity contribution < 1.29 is 4.79 Å². The quantitative estimate of drug-likeness (QED) is 0.476. The fraction of sp³-hybridized carbons (Fsp3) is 0.167. The van der Waals surface area contributed by atoms with E-state index >= 15 is 0 Å². The molecule has 0 fully saturated rings. The molecule has 3 N–H and O–H groups in total. The number of H-pyrrole nitrogens is 2. The van der Waals surface area contributed by atoms with Gasteiger partial charge >= 0.3 is 5.69 Å². The van der Waals surface area contributed by atoms with Crippen molar-refractivity contribution in [2.45, 2.75) is 12.8 Å². The monoisotopic (exact) mass is 288 g/mol. The van der Waals surface area contributed by atoms with Gasteiger partial charge in [0.15, 0.2) is 0 Å². The lowest BCUT2D eigenvalue weighted by molar-refractivity contribution is -0.121. The third-order valence-electron chi connectivity index (χ3n) is 2.46. The molecular weight excluding hydrogens is 276 g/mol. The summed E-state index contributed by atoms with van der Waals surface area (Å²) in [5, 5.41) is 9.43. The molecule has 0 aliphatic heterocycles. The Morgan fingerprint density at radius 1 is 1.43 bits per heavy atom. The molecule has 9 nitrogen and oxygen atoms in total. The van der Waals surface area contributed by atoms with Crippen molar-refractivity contribution in [3.05, 3.63) is 56.6 Å². The van der Waals surface area contributed by atoms with Gasteiger partial charge in [0.1, 0.15) is 5.69 Å². The van der Waals surface area contributed by atoms with Crippen LogP contribution in [0, 0.1) is 0 Å². The predicted molar refractivity (Wildman–Crippen MR) is 73.8 cm³/mol. The maximum Gasteiger partial charge on any atom is 0.342 e. The molecular formula is C12H12N6O3. The lowest BCUT2D eigenvalue weighted by Gasteiger charge is -1.99. The number of amides is 1. The zero-order valence-electron chi connectivity index (χ0n) is 10.9. The van der Waals surface area contributed by atoms with E-state index in [0.29, 0.717) is 0 Å². The highest BCUT2D eigenvalue weighted by Gasteiger charge is 2.06. The van der Waals surface area contributed by atoms with E-state index in [1.807, 2.05) is 4.98 Å². The number of carbonyl (C=O) groups is 1. The highest BCUT2D eigenvalue weighted by molar-refractivity contribution is 5.81. The molecule has 0 atom stereocenters. The van der Waals surface area contributed by atoms with E-state index in [-0.39, 0.29) is 24.4 Å². The number of nitrogens with one attached hydrogen (secondary N) is 3. The number of nitrogens with zero attached hydrogens (tertiary/aromatic N) is 3. The molecule has 0 saturated heterocycles. The fourth-order valence-electron chi connectivity index (χ4n) is 1.46. The third kappa shape index (κ3) is 4.49. The van der Waals surface area contributed by atoms with Gasteiger partial charge in [0.25, 0.3) is 5.56 Å². The summed E-state index contributed by atoms with van der Waals surface area (Å²) in [6, 6.07) is 3.53. The Labute approximate surface area is 118 Å². The topological polar surface area (TPSA) is 133 Å². The van der Waals surface area contributed by atoms with Crippen LogP contribution in [0.1, 0.15) is 17.7 Å². The summed E-state index contributed by atoms with van der Waals surface area (Å²) in [5.41, 5.74) is 1.86. The van der Waals surface area contributed by atoms with Crippen molar-refractivity contribution in [2.75, 3.05) is 0 Å². The van der Waals surface area contributed by atoms with Gasteiger partial charge in [-0.05, 0) is 6.07 Å². The maximum absolute atomic E-state index is 11.5. The van der Waals surface area contributed by atoms with Gasteiger partial charge in [-0.2, -0.15) is 10.2 Å². The summed E-state index contributed by atoms with van der Waals surface area (Å²) in [5.74, 6) is -0.373. The van der Waals surface area contributed by atoms with Crippen molar-refractivity contribution in [1.82, 2.24) is 25.6 Å². The van der Waals surface area contributed by atoms with Crippen LogP contribution in [-0.2, 0) is 11.2 Å². The molecule has 108 valence electrons. The van der Waals surface area contributed by atoms with Gasteiger partial charge in [-0.25, -0.2) is 15.3 Å². The van der Waals surface area contributed by atoms with Crippen LogP contribution in [0.2, 0.25) is 0 Å². The minimum absolute atomic E-state index is 0.0203. The molecule has 0 aliphatic carbocycles. The van der Waals surface area contributed by atoms with Gasteiger partial charge in [-0.15, -0.1) is 0 Å². The molecule has 2 heterocycles. The van der Waals surface area contributed by atoms with Gasteiger partial charge in [0.2, 0.25) is 5.91 Å². The van der Waals surface area contributed by atoms with Gasteiger partial charge in [0.05, 0.1) is 6.21 Å². The normalized spacial score (nSPS) is 10.7. The maximum atomic E-state index is 11.5. The van der Waals surface area contributed by atoms with Crippen molar-refractivity contribution in [3.63, 3.8) is 0 Å². The minimum atomic E-state index is -0.686. The molecule has 2 aromatic heterocycles. The van der Waals surface area contributed by atoms with Crippen LogP contribution < -0.4 is 16.7 Å².